The van der Waals surface area contributed by atoms with Crippen LogP contribution >= 0.6 is 0 Å². The molecule has 1 aliphatic rings. The first kappa shape index (κ1) is 10.6. The van der Waals surface area contributed by atoms with Gasteiger partial charge in [-0.05, 0) is 33.0 Å². The lowest BCUT2D eigenvalue weighted by Gasteiger charge is -2.06. The molecule has 2 rings (SSSR count). The van der Waals surface area contributed by atoms with Gasteiger partial charge in [-0.2, -0.15) is 0 Å². The summed E-state index contributed by atoms with van der Waals surface area (Å²) in [6.45, 7) is 2.96. The summed E-state index contributed by atoms with van der Waals surface area (Å²) in [5, 5.41) is 0. The topological polar surface area (TPSA) is 55.3 Å². The Morgan fingerprint density at radius 2 is 2.53 bits per heavy atom. The van der Waals surface area contributed by atoms with E-state index in [-0.39, 0.29) is 0 Å². The Balaban J connectivity index is 1.94. The zero-order valence-corrected chi connectivity index (χ0v) is 9.28. The fourth-order valence-electron chi connectivity index (χ4n) is 2.06. The zero-order chi connectivity index (χ0) is 10.7. The van der Waals surface area contributed by atoms with Crippen molar-refractivity contribution >= 4 is 0 Å². The van der Waals surface area contributed by atoms with E-state index < -0.39 is 0 Å². The minimum Gasteiger partial charge on any atom is -0.449 e. The highest BCUT2D eigenvalue weighted by Gasteiger charge is 2.23. The smallest absolute Gasteiger partial charge is 0.194 e. The normalized spacial score (nSPS) is 22.4. The van der Waals surface area contributed by atoms with Gasteiger partial charge in [-0.15, -0.1) is 0 Å². The third kappa shape index (κ3) is 2.58. The van der Waals surface area contributed by atoms with Gasteiger partial charge in [0.15, 0.2) is 5.89 Å². The first-order chi connectivity index (χ1) is 7.29. The van der Waals surface area contributed by atoms with Crippen molar-refractivity contribution in [3.05, 3.63) is 17.8 Å². The van der Waals surface area contributed by atoms with Crippen molar-refractivity contribution in [3.63, 3.8) is 0 Å². The molecule has 0 aromatic carbocycles. The molecule has 1 saturated heterocycles. The number of hydrogen-bond acceptors (Lipinski definition) is 4. The van der Waals surface area contributed by atoms with Gasteiger partial charge in [0.1, 0.15) is 6.26 Å². The number of oxazole rings is 1. The van der Waals surface area contributed by atoms with Gasteiger partial charge < -0.3 is 15.1 Å². The molecule has 2 heterocycles. The van der Waals surface area contributed by atoms with Crippen LogP contribution in [0.15, 0.2) is 10.7 Å². The predicted octanol–water partition coefficient (Wildman–Crippen LogP) is 0.985. The summed E-state index contributed by atoms with van der Waals surface area (Å²) < 4.78 is 5.43. The molecule has 0 bridgehead atoms. The van der Waals surface area contributed by atoms with Gasteiger partial charge in [-0.3, -0.25) is 0 Å². The molecular formula is C11H19N3O. The molecule has 84 valence electrons. The van der Waals surface area contributed by atoms with Crippen molar-refractivity contribution in [1.29, 1.82) is 0 Å². The van der Waals surface area contributed by atoms with Crippen LogP contribution in [0.3, 0.4) is 0 Å². The van der Waals surface area contributed by atoms with Crippen molar-refractivity contribution in [3.8, 4) is 0 Å². The molecule has 15 heavy (non-hydrogen) atoms. The summed E-state index contributed by atoms with van der Waals surface area (Å²) in [6, 6.07) is 0. The van der Waals surface area contributed by atoms with E-state index in [4.69, 9.17) is 10.2 Å². The van der Waals surface area contributed by atoms with Gasteiger partial charge in [-0.25, -0.2) is 4.98 Å². The van der Waals surface area contributed by atoms with Gasteiger partial charge in [0.2, 0.25) is 0 Å². The number of likely N-dealkylation sites (N-methyl/N-ethyl adjacent to an activating group) is 1. The maximum Gasteiger partial charge on any atom is 0.194 e. The molecule has 2 N–H and O–H groups in total. The Kier molecular flexibility index (Phi) is 3.38. The summed E-state index contributed by atoms with van der Waals surface area (Å²) in [7, 11) is 2.15. The minimum absolute atomic E-state index is 0.561. The second kappa shape index (κ2) is 4.77. The van der Waals surface area contributed by atoms with Crippen molar-refractivity contribution in [2.45, 2.75) is 25.2 Å². The molecular weight excluding hydrogens is 190 g/mol. The van der Waals surface area contributed by atoms with E-state index >= 15 is 0 Å². The summed E-state index contributed by atoms with van der Waals surface area (Å²) in [5.74, 6) is 1.40. The zero-order valence-electron chi connectivity index (χ0n) is 9.28. The van der Waals surface area contributed by atoms with Crippen LogP contribution in [0.4, 0.5) is 0 Å². The molecule has 0 spiro atoms. The summed E-state index contributed by atoms with van der Waals surface area (Å²) in [6.07, 6.45) is 4.82. The van der Waals surface area contributed by atoms with Crippen LogP contribution in [-0.4, -0.2) is 36.6 Å². The Morgan fingerprint density at radius 3 is 3.20 bits per heavy atom. The molecule has 1 aliphatic heterocycles. The van der Waals surface area contributed by atoms with Crippen LogP contribution < -0.4 is 5.73 Å². The predicted molar refractivity (Wildman–Crippen MR) is 58.7 cm³/mol. The third-order valence-corrected chi connectivity index (χ3v) is 2.97. The monoisotopic (exact) mass is 209 g/mol. The molecule has 0 amide bonds. The van der Waals surface area contributed by atoms with Crippen molar-refractivity contribution in [2.24, 2.45) is 5.73 Å². The molecule has 1 aromatic rings. The number of aryl methyl sites for hydroxylation is 1. The molecule has 0 radical (unpaired) electrons. The highest BCUT2D eigenvalue weighted by atomic mass is 16.3. The number of hydrogen-bond donors (Lipinski definition) is 1. The first-order valence-electron chi connectivity index (χ1n) is 5.62. The average Bonchev–Trinajstić information content (AvgIpc) is 2.83. The molecule has 0 saturated carbocycles. The Labute approximate surface area is 90.5 Å². The van der Waals surface area contributed by atoms with E-state index in [1.54, 1.807) is 0 Å². The van der Waals surface area contributed by atoms with E-state index in [2.05, 4.69) is 16.9 Å². The SMILES string of the molecule is CN1CCC(c2coc(CCCN)n2)C1. The largest absolute Gasteiger partial charge is 0.449 e. The summed E-state index contributed by atoms with van der Waals surface area (Å²) in [5.41, 5.74) is 6.56. The standard InChI is InChI=1S/C11H19N3O/c1-14-6-4-9(7-14)10-8-15-11(13-10)3-2-5-12/h8-9H,2-7,12H2,1H3. The lowest BCUT2D eigenvalue weighted by molar-refractivity contribution is 0.410. The van der Waals surface area contributed by atoms with Crippen molar-refractivity contribution in [1.82, 2.24) is 9.88 Å². The van der Waals surface area contributed by atoms with E-state index in [1.165, 1.54) is 6.42 Å². The quantitative estimate of drug-likeness (QED) is 0.803. The Bertz CT molecular complexity index is 311. The second-order valence-corrected chi connectivity index (χ2v) is 4.31. The highest BCUT2D eigenvalue weighted by molar-refractivity contribution is 5.07. The van der Waals surface area contributed by atoms with Crippen LogP contribution in [0.25, 0.3) is 0 Å². The number of rotatable bonds is 4. The van der Waals surface area contributed by atoms with Gasteiger partial charge in [0.25, 0.3) is 0 Å². The Hall–Kier alpha value is -0.870. The molecule has 1 fully saturated rings. The second-order valence-electron chi connectivity index (χ2n) is 4.31. The molecule has 4 heteroatoms. The van der Waals surface area contributed by atoms with E-state index in [0.717, 1.165) is 37.5 Å². The molecule has 0 aliphatic carbocycles. The van der Waals surface area contributed by atoms with Gasteiger partial charge >= 0.3 is 0 Å². The fourth-order valence-corrected chi connectivity index (χ4v) is 2.06. The lowest BCUT2D eigenvalue weighted by atomic mass is 10.1. The summed E-state index contributed by atoms with van der Waals surface area (Å²) in [4.78, 5) is 6.85. The van der Waals surface area contributed by atoms with Crippen LogP contribution in [-0.2, 0) is 6.42 Å². The fraction of sp³-hybridized carbons (Fsp3) is 0.727. The summed E-state index contributed by atoms with van der Waals surface area (Å²) >= 11 is 0. The van der Waals surface area contributed by atoms with Crippen LogP contribution in [0.1, 0.15) is 30.3 Å². The van der Waals surface area contributed by atoms with Crippen molar-refractivity contribution in [2.75, 3.05) is 26.7 Å². The average molecular weight is 209 g/mol. The molecule has 1 unspecified atom stereocenters. The lowest BCUT2D eigenvalue weighted by Crippen LogP contribution is -2.13. The molecule has 1 atom stereocenters. The van der Waals surface area contributed by atoms with Crippen molar-refractivity contribution < 1.29 is 4.42 Å². The Morgan fingerprint density at radius 1 is 1.67 bits per heavy atom. The first-order valence-corrected chi connectivity index (χ1v) is 5.62. The van der Waals surface area contributed by atoms with E-state index in [1.807, 2.05) is 6.26 Å². The maximum atomic E-state index is 5.45. The van der Waals surface area contributed by atoms with Gasteiger partial charge in [-0.1, -0.05) is 0 Å². The number of nitrogens with zero attached hydrogens (tertiary/aromatic N) is 2. The van der Waals surface area contributed by atoms with Crippen LogP contribution in [0, 0.1) is 0 Å². The van der Waals surface area contributed by atoms with Gasteiger partial charge in [0.05, 0.1) is 5.69 Å². The molecule has 1 aromatic heterocycles. The maximum absolute atomic E-state index is 5.45. The highest BCUT2D eigenvalue weighted by Crippen LogP contribution is 2.25. The number of aromatic nitrogens is 1. The van der Waals surface area contributed by atoms with Crippen LogP contribution in [0.2, 0.25) is 0 Å². The number of likely N-dealkylation sites (tertiary alicyclic amines) is 1. The third-order valence-electron chi connectivity index (χ3n) is 2.97. The van der Waals surface area contributed by atoms with E-state index in [0.29, 0.717) is 12.5 Å². The van der Waals surface area contributed by atoms with Gasteiger partial charge in [0, 0.05) is 18.9 Å². The van der Waals surface area contributed by atoms with Crippen LogP contribution in [0.5, 0.6) is 0 Å². The minimum atomic E-state index is 0.561. The van der Waals surface area contributed by atoms with E-state index in [9.17, 15) is 0 Å². The molecule has 4 nitrogen and oxygen atoms in total. The number of nitrogens with two attached hydrogens (primary N) is 1.